The molecule has 0 spiro atoms. The van der Waals surface area contributed by atoms with Crippen LogP contribution in [0.15, 0.2) is 30.6 Å². The average molecular weight is 261 g/mol. The van der Waals surface area contributed by atoms with E-state index in [2.05, 4.69) is 26.0 Å². The Balaban J connectivity index is 1.92. The first kappa shape index (κ1) is 13.0. The lowest BCUT2D eigenvalue weighted by molar-refractivity contribution is 0.0930. The molecule has 19 heavy (non-hydrogen) atoms. The number of aromatic nitrogens is 4. The molecule has 0 bridgehead atoms. The Kier molecular flexibility index (Phi) is 4.04. The highest BCUT2D eigenvalue weighted by Gasteiger charge is 2.12. The molecule has 0 radical (unpaired) electrons. The minimum absolute atomic E-state index is 0.0680. The van der Waals surface area contributed by atoms with Gasteiger partial charge in [0.1, 0.15) is 0 Å². The molecule has 0 fully saturated rings. The van der Waals surface area contributed by atoms with Crippen LogP contribution in [0.25, 0.3) is 0 Å². The van der Waals surface area contributed by atoms with Crippen LogP contribution < -0.4 is 16.6 Å². The number of carbonyl (C=O) groups is 1. The van der Waals surface area contributed by atoms with E-state index < -0.39 is 0 Å². The van der Waals surface area contributed by atoms with Crippen LogP contribution in [0.1, 0.15) is 17.4 Å². The maximum Gasteiger partial charge on any atom is 0.272 e. The van der Waals surface area contributed by atoms with Crippen LogP contribution in [0.4, 0.5) is 5.82 Å². The van der Waals surface area contributed by atoms with Crippen molar-refractivity contribution in [2.24, 2.45) is 5.84 Å². The summed E-state index contributed by atoms with van der Waals surface area (Å²) in [4.78, 5) is 11.9. The molecule has 1 unspecified atom stereocenters. The maximum atomic E-state index is 11.9. The molecular weight excluding hydrogens is 246 g/mol. The SMILES string of the molecule is CC(Cn1cccn1)NC(=O)c1ccc(NN)nn1. The molecule has 2 aromatic rings. The third-order valence-corrected chi connectivity index (χ3v) is 2.44. The van der Waals surface area contributed by atoms with Crippen molar-refractivity contribution in [3.8, 4) is 0 Å². The van der Waals surface area contributed by atoms with Gasteiger partial charge in [-0.1, -0.05) is 0 Å². The average Bonchev–Trinajstić information content (AvgIpc) is 2.91. The third-order valence-electron chi connectivity index (χ3n) is 2.44. The lowest BCUT2D eigenvalue weighted by atomic mass is 10.3. The summed E-state index contributed by atoms with van der Waals surface area (Å²) in [7, 11) is 0. The molecule has 0 aromatic carbocycles. The van der Waals surface area contributed by atoms with E-state index in [0.29, 0.717) is 12.4 Å². The fraction of sp³-hybridized carbons (Fsp3) is 0.273. The van der Waals surface area contributed by atoms with Crippen molar-refractivity contribution in [2.45, 2.75) is 19.5 Å². The van der Waals surface area contributed by atoms with Crippen LogP contribution in [-0.4, -0.2) is 31.9 Å². The van der Waals surface area contributed by atoms with Crippen LogP contribution in [0.2, 0.25) is 0 Å². The topological polar surface area (TPSA) is 111 Å². The Hall–Kier alpha value is -2.48. The second kappa shape index (κ2) is 5.91. The first-order valence-electron chi connectivity index (χ1n) is 5.77. The van der Waals surface area contributed by atoms with Gasteiger partial charge in [0, 0.05) is 18.4 Å². The lowest BCUT2D eigenvalue weighted by Crippen LogP contribution is -2.36. The van der Waals surface area contributed by atoms with Gasteiger partial charge in [0.05, 0.1) is 6.54 Å². The molecule has 0 saturated heterocycles. The molecule has 100 valence electrons. The number of hydrogen-bond acceptors (Lipinski definition) is 6. The Bertz CT molecular complexity index is 522. The largest absolute Gasteiger partial charge is 0.346 e. The Morgan fingerprint density at radius 3 is 2.89 bits per heavy atom. The summed E-state index contributed by atoms with van der Waals surface area (Å²) in [5, 5.41) is 14.4. The fourth-order valence-electron chi connectivity index (χ4n) is 1.56. The lowest BCUT2D eigenvalue weighted by Gasteiger charge is -2.13. The number of carbonyl (C=O) groups excluding carboxylic acids is 1. The molecule has 0 aliphatic heterocycles. The number of hydrogen-bond donors (Lipinski definition) is 3. The summed E-state index contributed by atoms with van der Waals surface area (Å²) >= 11 is 0. The third kappa shape index (κ3) is 3.49. The van der Waals surface area contributed by atoms with Crippen molar-refractivity contribution in [1.82, 2.24) is 25.3 Å². The van der Waals surface area contributed by atoms with Crippen molar-refractivity contribution in [2.75, 3.05) is 5.43 Å². The fourth-order valence-corrected chi connectivity index (χ4v) is 1.56. The highest BCUT2D eigenvalue weighted by Crippen LogP contribution is 2.00. The van der Waals surface area contributed by atoms with Crippen molar-refractivity contribution in [3.05, 3.63) is 36.3 Å². The summed E-state index contributed by atoms with van der Waals surface area (Å²) in [5.41, 5.74) is 2.59. The van der Waals surface area contributed by atoms with E-state index in [0.717, 1.165) is 0 Å². The van der Waals surface area contributed by atoms with Crippen LogP contribution in [0.3, 0.4) is 0 Å². The second-order valence-corrected chi connectivity index (χ2v) is 4.05. The van der Waals surface area contributed by atoms with Crippen molar-refractivity contribution < 1.29 is 4.79 Å². The summed E-state index contributed by atoms with van der Waals surface area (Å²) in [6, 6.07) is 4.90. The zero-order valence-electron chi connectivity index (χ0n) is 10.4. The van der Waals surface area contributed by atoms with Gasteiger partial charge in [-0.15, -0.1) is 10.2 Å². The Morgan fingerprint density at radius 2 is 2.32 bits per heavy atom. The molecular formula is C11H15N7O. The summed E-state index contributed by atoms with van der Waals surface area (Å²) < 4.78 is 1.75. The standard InChI is InChI=1S/C11H15N7O/c1-8(7-18-6-2-5-13-18)14-11(19)9-3-4-10(15-12)17-16-9/h2-6,8H,7,12H2,1H3,(H,14,19)(H,15,17). The summed E-state index contributed by atoms with van der Waals surface area (Å²) in [5.74, 6) is 5.29. The molecule has 8 nitrogen and oxygen atoms in total. The van der Waals surface area contributed by atoms with Crippen LogP contribution in [0.5, 0.6) is 0 Å². The maximum absolute atomic E-state index is 11.9. The first-order valence-corrected chi connectivity index (χ1v) is 5.77. The summed E-state index contributed by atoms with van der Waals surface area (Å²) in [6.45, 7) is 2.48. The number of nitrogen functional groups attached to an aromatic ring is 1. The zero-order valence-corrected chi connectivity index (χ0v) is 10.4. The molecule has 0 aliphatic carbocycles. The van der Waals surface area contributed by atoms with Gasteiger partial charge in [-0.05, 0) is 25.1 Å². The Labute approximate surface area is 110 Å². The smallest absolute Gasteiger partial charge is 0.272 e. The van der Waals surface area contributed by atoms with Crippen molar-refractivity contribution in [1.29, 1.82) is 0 Å². The second-order valence-electron chi connectivity index (χ2n) is 4.05. The van der Waals surface area contributed by atoms with Crippen LogP contribution in [-0.2, 0) is 6.54 Å². The van der Waals surface area contributed by atoms with Gasteiger partial charge in [0.25, 0.3) is 5.91 Å². The van der Waals surface area contributed by atoms with Gasteiger partial charge in [0.15, 0.2) is 11.5 Å². The van der Waals surface area contributed by atoms with Crippen LogP contribution >= 0.6 is 0 Å². The molecule has 0 aliphatic rings. The number of hydrazine groups is 1. The van der Waals surface area contributed by atoms with E-state index in [9.17, 15) is 4.79 Å². The van der Waals surface area contributed by atoms with Crippen LogP contribution in [0, 0.1) is 0 Å². The van der Waals surface area contributed by atoms with E-state index in [1.165, 1.54) is 0 Å². The van der Waals surface area contributed by atoms with Gasteiger partial charge < -0.3 is 10.7 Å². The number of amides is 1. The van der Waals surface area contributed by atoms with E-state index in [-0.39, 0.29) is 17.6 Å². The quantitative estimate of drug-likeness (QED) is 0.507. The predicted molar refractivity (Wildman–Crippen MR) is 69.0 cm³/mol. The van der Waals surface area contributed by atoms with Crippen molar-refractivity contribution >= 4 is 11.7 Å². The van der Waals surface area contributed by atoms with Gasteiger partial charge in [0.2, 0.25) is 0 Å². The highest BCUT2D eigenvalue weighted by molar-refractivity contribution is 5.92. The highest BCUT2D eigenvalue weighted by atomic mass is 16.2. The van der Waals surface area contributed by atoms with E-state index in [1.807, 2.05) is 19.2 Å². The van der Waals surface area contributed by atoms with E-state index in [1.54, 1.807) is 23.0 Å². The van der Waals surface area contributed by atoms with Gasteiger partial charge in [-0.2, -0.15) is 5.10 Å². The van der Waals surface area contributed by atoms with Gasteiger partial charge in [-0.3, -0.25) is 9.48 Å². The monoisotopic (exact) mass is 261 g/mol. The molecule has 2 heterocycles. The normalized spacial score (nSPS) is 11.9. The number of nitrogens with one attached hydrogen (secondary N) is 2. The number of nitrogens with zero attached hydrogens (tertiary/aromatic N) is 4. The number of anilines is 1. The summed E-state index contributed by atoms with van der Waals surface area (Å²) in [6.07, 6.45) is 3.53. The number of nitrogens with two attached hydrogens (primary N) is 1. The zero-order chi connectivity index (χ0) is 13.7. The van der Waals surface area contributed by atoms with Crippen molar-refractivity contribution in [3.63, 3.8) is 0 Å². The molecule has 1 amide bonds. The minimum atomic E-state index is -0.282. The van der Waals surface area contributed by atoms with E-state index >= 15 is 0 Å². The molecule has 2 rings (SSSR count). The van der Waals surface area contributed by atoms with E-state index in [4.69, 9.17) is 5.84 Å². The first-order chi connectivity index (χ1) is 9.19. The molecule has 2 aromatic heterocycles. The van der Waals surface area contributed by atoms with Gasteiger partial charge in [-0.25, -0.2) is 5.84 Å². The molecule has 8 heteroatoms. The molecule has 4 N–H and O–H groups in total. The number of rotatable bonds is 5. The molecule has 0 saturated carbocycles. The minimum Gasteiger partial charge on any atom is -0.346 e. The predicted octanol–water partition coefficient (Wildman–Crippen LogP) is -0.223. The Morgan fingerprint density at radius 1 is 1.47 bits per heavy atom. The molecule has 1 atom stereocenters. The van der Waals surface area contributed by atoms with Gasteiger partial charge >= 0.3 is 0 Å².